The van der Waals surface area contributed by atoms with E-state index in [1.165, 1.54) is 50.3 Å². The molecule has 4 saturated carbocycles. The van der Waals surface area contributed by atoms with E-state index in [2.05, 4.69) is 27.1 Å². The maximum atomic E-state index is 12.3. The number of carbonyl (C=O) groups is 1. The molecule has 29 heavy (non-hydrogen) atoms. The van der Waals surface area contributed by atoms with Crippen molar-refractivity contribution in [3.05, 3.63) is 35.7 Å². The van der Waals surface area contributed by atoms with Crippen molar-refractivity contribution in [3.8, 4) is 0 Å². The van der Waals surface area contributed by atoms with Gasteiger partial charge in [0.25, 0.3) is 0 Å². The number of rotatable bonds is 6. The molecule has 0 saturated heterocycles. The van der Waals surface area contributed by atoms with Crippen LogP contribution in [0.3, 0.4) is 0 Å². The lowest BCUT2D eigenvalue weighted by atomic mass is 9.49. The van der Waals surface area contributed by atoms with Crippen LogP contribution in [-0.4, -0.2) is 26.4 Å². The summed E-state index contributed by atoms with van der Waals surface area (Å²) in [5.74, 6) is 4.28. The van der Waals surface area contributed by atoms with Crippen LogP contribution in [0.1, 0.15) is 49.9 Å². The monoisotopic (exact) mass is 410 g/mol. The minimum absolute atomic E-state index is 0.00812. The zero-order chi connectivity index (χ0) is 20.0. The number of thioether (sulfide) groups is 1. The second-order valence-electron chi connectivity index (χ2n) is 9.76. The van der Waals surface area contributed by atoms with Gasteiger partial charge in [-0.15, -0.1) is 10.2 Å². The Balaban J connectivity index is 1.21. The summed E-state index contributed by atoms with van der Waals surface area (Å²) < 4.78 is 2.11. The van der Waals surface area contributed by atoms with Crippen LogP contribution in [-0.2, 0) is 18.3 Å². The van der Waals surface area contributed by atoms with E-state index < -0.39 is 0 Å². The first-order chi connectivity index (χ1) is 14.0. The van der Waals surface area contributed by atoms with Gasteiger partial charge >= 0.3 is 0 Å². The van der Waals surface area contributed by atoms with Gasteiger partial charge in [-0.3, -0.25) is 4.79 Å². The third-order valence-corrected chi connectivity index (χ3v) is 8.28. The van der Waals surface area contributed by atoms with Gasteiger partial charge in [0.15, 0.2) is 5.16 Å². The minimum atomic E-state index is -0.00812. The van der Waals surface area contributed by atoms with Gasteiger partial charge in [0.05, 0.1) is 5.75 Å². The van der Waals surface area contributed by atoms with Gasteiger partial charge in [0.2, 0.25) is 5.91 Å². The number of aromatic nitrogens is 3. The molecule has 5 nitrogen and oxygen atoms in total. The molecule has 1 N–H and O–H groups in total. The molecule has 2 aromatic rings. The number of aryl methyl sites for hydroxylation is 1. The van der Waals surface area contributed by atoms with Crippen molar-refractivity contribution in [3.63, 3.8) is 0 Å². The first-order valence-corrected chi connectivity index (χ1v) is 11.8. The van der Waals surface area contributed by atoms with Crippen molar-refractivity contribution >= 4 is 23.4 Å². The Bertz CT molecular complexity index is 886. The molecule has 0 aliphatic heterocycles. The van der Waals surface area contributed by atoms with Gasteiger partial charge < -0.3 is 9.88 Å². The highest BCUT2D eigenvalue weighted by atomic mass is 32.2. The topological polar surface area (TPSA) is 59.8 Å². The number of benzene rings is 1. The fourth-order valence-corrected chi connectivity index (χ4v) is 7.25. The van der Waals surface area contributed by atoms with Gasteiger partial charge in [0, 0.05) is 19.2 Å². The SMILES string of the molecule is Cc1cccc(NC(=O)CSc2nnc(CC34CC5CC(CC(C5)C3)C4)n2C)c1. The Morgan fingerprint density at radius 3 is 2.52 bits per heavy atom. The number of nitrogens with one attached hydrogen (secondary N) is 1. The third-order valence-electron chi connectivity index (χ3n) is 7.26. The summed E-state index contributed by atoms with van der Waals surface area (Å²) in [4.78, 5) is 12.3. The molecule has 0 atom stereocenters. The van der Waals surface area contributed by atoms with Crippen LogP contribution >= 0.6 is 11.8 Å². The lowest BCUT2D eigenvalue weighted by Gasteiger charge is -2.56. The number of hydrogen-bond donors (Lipinski definition) is 1. The van der Waals surface area contributed by atoms with Gasteiger partial charge in [-0.05, 0) is 86.3 Å². The number of anilines is 1. The number of nitrogens with zero attached hydrogens (tertiary/aromatic N) is 3. The average molecular weight is 411 g/mol. The number of carbonyl (C=O) groups excluding carboxylic acids is 1. The molecule has 0 spiro atoms. The summed E-state index contributed by atoms with van der Waals surface area (Å²) in [5, 5.41) is 12.7. The average Bonchev–Trinajstić information content (AvgIpc) is 2.98. The Labute approximate surface area is 177 Å². The fourth-order valence-electron chi connectivity index (χ4n) is 6.52. The van der Waals surface area contributed by atoms with Crippen molar-refractivity contribution in [2.75, 3.05) is 11.1 Å². The van der Waals surface area contributed by atoms with E-state index in [0.717, 1.165) is 46.4 Å². The van der Waals surface area contributed by atoms with Crippen LogP contribution in [0.15, 0.2) is 29.4 Å². The smallest absolute Gasteiger partial charge is 0.234 e. The molecule has 0 radical (unpaired) electrons. The third kappa shape index (κ3) is 3.96. The van der Waals surface area contributed by atoms with Crippen LogP contribution in [0.2, 0.25) is 0 Å². The lowest BCUT2D eigenvalue weighted by Crippen LogP contribution is -2.47. The Morgan fingerprint density at radius 1 is 1.17 bits per heavy atom. The highest BCUT2D eigenvalue weighted by Crippen LogP contribution is 2.60. The minimum Gasteiger partial charge on any atom is -0.325 e. The van der Waals surface area contributed by atoms with E-state index in [4.69, 9.17) is 0 Å². The molecule has 6 heteroatoms. The maximum absolute atomic E-state index is 12.3. The molecule has 4 fully saturated rings. The summed E-state index contributed by atoms with van der Waals surface area (Å²) in [6, 6.07) is 7.88. The number of amides is 1. The van der Waals surface area contributed by atoms with Crippen molar-refractivity contribution < 1.29 is 4.79 Å². The Morgan fingerprint density at radius 2 is 1.86 bits per heavy atom. The molecular formula is C23H30N4OS. The second-order valence-corrected chi connectivity index (χ2v) is 10.7. The zero-order valence-corrected chi connectivity index (χ0v) is 18.2. The standard InChI is InChI=1S/C23H30N4OS/c1-15-4-3-5-19(6-15)24-21(28)14-29-22-26-25-20(27(22)2)13-23-10-16-7-17(11-23)9-18(8-16)12-23/h3-6,16-18H,7-14H2,1-2H3,(H,24,28). The Hall–Kier alpha value is -1.82. The molecule has 1 heterocycles. The highest BCUT2D eigenvalue weighted by Gasteiger charge is 2.51. The second kappa shape index (κ2) is 7.46. The summed E-state index contributed by atoms with van der Waals surface area (Å²) in [7, 11) is 2.05. The van der Waals surface area contributed by atoms with Crippen molar-refractivity contribution in [2.24, 2.45) is 30.2 Å². The van der Waals surface area contributed by atoms with Crippen LogP contribution in [0.4, 0.5) is 5.69 Å². The molecule has 1 aromatic carbocycles. The van der Waals surface area contributed by atoms with E-state index in [9.17, 15) is 4.79 Å². The molecule has 154 valence electrons. The summed E-state index contributed by atoms with van der Waals surface area (Å²) in [5.41, 5.74) is 2.44. The van der Waals surface area contributed by atoms with E-state index in [-0.39, 0.29) is 5.91 Å². The van der Waals surface area contributed by atoms with Gasteiger partial charge in [0.1, 0.15) is 5.82 Å². The van der Waals surface area contributed by atoms with Gasteiger partial charge in [-0.25, -0.2) is 0 Å². The van der Waals surface area contributed by atoms with E-state index in [1.54, 1.807) is 0 Å². The fraction of sp³-hybridized carbons (Fsp3) is 0.609. The zero-order valence-electron chi connectivity index (χ0n) is 17.4. The van der Waals surface area contributed by atoms with Crippen molar-refractivity contribution in [1.82, 2.24) is 14.8 Å². The summed E-state index contributed by atoms with van der Waals surface area (Å²) in [6.45, 7) is 2.02. The number of hydrogen-bond acceptors (Lipinski definition) is 4. The van der Waals surface area contributed by atoms with Crippen LogP contribution in [0.5, 0.6) is 0 Å². The van der Waals surface area contributed by atoms with Crippen molar-refractivity contribution in [2.45, 2.75) is 57.0 Å². The quantitative estimate of drug-likeness (QED) is 0.706. The van der Waals surface area contributed by atoms with E-state index in [1.807, 2.05) is 31.2 Å². The molecule has 4 aliphatic carbocycles. The molecule has 1 aromatic heterocycles. The summed E-state index contributed by atoms with van der Waals surface area (Å²) in [6.07, 6.45) is 9.60. The first kappa shape index (κ1) is 19.2. The van der Waals surface area contributed by atoms with Gasteiger partial charge in [-0.1, -0.05) is 23.9 Å². The maximum Gasteiger partial charge on any atom is 0.234 e. The largest absolute Gasteiger partial charge is 0.325 e. The predicted molar refractivity (Wildman–Crippen MR) is 116 cm³/mol. The molecule has 0 unspecified atom stereocenters. The molecule has 4 bridgehead atoms. The highest BCUT2D eigenvalue weighted by molar-refractivity contribution is 7.99. The normalized spacial score (nSPS) is 29.9. The Kier molecular flexibility index (Phi) is 4.93. The molecule has 1 amide bonds. The first-order valence-electron chi connectivity index (χ1n) is 10.9. The lowest BCUT2D eigenvalue weighted by molar-refractivity contribution is -0.113. The van der Waals surface area contributed by atoms with Crippen molar-refractivity contribution in [1.29, 1.82) is 0 Å². The van der Waals surface area contributed by atoms with Crippen LogP contribution < -0.4 is 5.32 Å². The summed E-state index contributed by atoms with van der Waals surface area (Å²) >= 11 is 1.47. The van der Waals surface area contributed by atoms with Crippen LogP contribution in [0, 0.1) is 30.1 Å². The predicted octanol–water partition coefficient (Wildman–Crippen LogP) is 4.61. The van der Waals surface area contributed by atoms with E-state index >= 15 is 0 Å². The molecule has 6 rings (SSSR count). The molecule has 4 aliphatic rings. The van der Waals surface area contributed by atoms with E-state index in [0.29, 0.717) is 11.2 Å². The molecular weight excluding hydrogens is 380 g/mol. The van der Waals surface area contributed by atoms with Gasteiger partial charge in [-0.2, -0.15) is 0 Å². The van der Waals surface area contributed by atoms with Crippen LogP contribution in [0.25, 0.3) is 0 Å².